The second kappa shape index (κ2) is 16.4. The maximum atomic E-state index is 14.0. The van der Waals surface area contributed by atoms with Gasteiger partial charge in [0.2, 0.25) is 11.8 Å². The van der Waals surface area contributed by atoms with Gasteiger partial charge in [0.05, 0.1) is 29.4 Å². The Hall–Kier alpha value is -1.75. The fourth-order valence-corrected chi connectivity index (χ4v) is 7.33. The molecule has 240 valence electrons. The van der Waals surface area contributed by atoms with Gasteiger partial charge in [-0.3, -0.25) is 9.59 Å². The van der Waals surface area contributed by atoms with Crippen LogP contribution in [0.2, 0.25) is 0 Å². The summed E-state index contributed by atoms with van der Waals surface area (Å²) in [5.74, 6) is -0.248. The Balaban J connectivity index is 1.81. The van der Waals surface area contributed by atoms with Crippen LogP contribution in [-0.4, -0.2) is 74.0 Å². The number of nitrogen functional groups attached to an aromatic ring is 1. The molecule has 9 nitrogen and oxygen atoms in total. The summed E-state index contributed by atoms with van der Waals surface area (Å²) in [4.78, 5) is 33.8. The van der Waals surface area contributed by atoms with Crippen LogP contribution < -0.4 is 11.1 Å². The van der Waals surface area contributed by atoms with Gasteiger partial charge in [0.25, 0.3) is 0 Å². The number of carbonyl (C=O) groups excluding carboxylic acids is 2. The van der Waals surface area contributed by atoms with Gasteiger partial charge in [0.15, 0.2) is 5.13 Å². The van der Waals surface area contributed by atoms with E-state index in [4.69, 9.17) is 5.73 Å². The van der Waals surface area contributed by atoms with Crippen molar-refractivity contribution < 1.29 is 24.9 Å². The van der Waals surface area contributed by atoms with Crippen LogP contribution in [-0.2, 0) is 16.0 Å². The molecule has 0 saturated heterocycles. The number of thiazole rings is 1. The highest BCUT2D eigenvalue weighted by molar-refractivity contribution is 7.13. The molecule has 2 amide bonds. The summed E-state index contributed by atoms with van der Waals surface area (Å²) in [6.45, 7) is 8.16. The van der Waals surface area contributed by atoms with E-state index >= 15 is 0 Å². The lowest BCUT2D eigenvalue weighted by Gasteiger charge is -2.34. The molecule has 6 N–H and O–H groups in total. The predicted octanol–water partition coefficient (Wildman–Crippen LogP) is 4.29. The van der Waals surface area contributed by atoms with E-state index in [-0.39, 0.29) is 37.1 Å². The minimum Gasteiger partial charge on any atom is -0.390 e. The first-order valence-corrected chi connectivity index (χ1v) is 17.0. The number of carbonyl (C=O) groups is 2. The molecule has 2 saturated carbocycles. The third-order valence-corrected chi connectivity index (χ3v) is 9.58. The fourth-order valence-electron chi connectivity index (χ4n) is 6.75. The van der Waals surface area contributed by atoms with E-state index in [1.54, 1.807) is 18.7 Å². The minimum absolute atomic E-state index is 0.0349. The quantitative estimate of drug-likeness (QED) is 0.188. The largest absolute Gasteiger partial charge is 0.390 e. The van der Waals surface area contributed by atoms with Crippen molar-refractivity contribution in [2.75, 3.05) is 18.8 Å². The van der Waals surface area contributed by atoms with E-state index in [0.29, 0.717) is 42.0 Å². The van der Waals surface area contributed by atoms with Crippen LogP contribution >= 0.6 is 11.3 Å². The normalized spacial score (nSPS) is 19.9. The Morgan fingerprint density at radius 3 is 2.29 bits per heavy atom. The first kappa shape index (κ1) is 34.7. The number of hydrogen-bond acceptors (Lipinski definition) is 8. The number of hydrogen-bond donors (Lipinski definition) is 5. The van der Waals surface area contributed by atoms with E-state index in [0.717, 1.165) is 51.4 Å². The van der Waals surface area contributed by atoms with Crippen molar-refractivity contribution in [1.82, 2.24) is 15.2 Å². The van der Waals surface area contributed by atoms with E-state index in [2.05, 4.69) is 10.3 Å². The summed E-state index contributed by atoms with van der Waals surface area (Å²) < 4.78 is 0. The zero-order valence-electron chi connectivity index (χ0n) is 26.3. The van der Waals surface area contributed by atoms with Gasteiger partial charge < -0.3 is 31.3 Å². The molecule has 1 aromatic heterocycles. The van der Waals surface area contributed by atoms with Gasteiger partial charge in [0.1, 0.15) is 6.10 Å². The summed E-state index contributed by atoms with van der Waals surface area (Å²) in [5.41, 5.74) is 5.48. The molecule has 1 heterocycles. The van der Waals surface area contributed by atoms with Gasteiger partial charge >= 0.3 is 0 Å². The third-order valence-electron chi connectivity index (χ3n) is 8.86. The monoisotopic (exact) mass is 608 g/mol. The standard InChI is InChI=1S/C32H56N4O5S/c1-21(2)14-27(37)29(39)26(15-22-10-6-5-7-11-22)35-30(40)24(16-25-19-42-31(33)34-25)17-28(38)36(20-32(3,4)41)18-23-12-8-9-13-23/h19,21-24,26-27,29,37,39,41H,5-18,20H2,1-4H3,(H2,33,34)(H,35,40)/t24-,26+,27+,29-/m1/s1. The molecule has 0 aromatic carbocycles. The minimum atomic E-state index is -1.10. The van der Waals surface area contributed by atoms with Crippen molar-refractivity contribution in [1.29, 1.82) is 0 Å². The van der Waals surface area contributed by atoms with Crippen molar-refractivity contribution in [2.45, 2.75) is 135 Å². The number of nitrogens with one attached hydrogen (secondary N) is 1. The lowest BCUT2D eigenvalue weighted by atomic mass is 9.82. The average molecular weight is 609 g/mol. The molecule has 3 rings (SSSR count). The molecule has 0 aliphatic heterocycles. The van der Waals surface area contributed by atoms with E-state index in [9.17, 15) is 24.9 Å². The van der Waals surface area contributed by atoms with Crippen LogP contribution in [0.3, 0.4) is 0 Å². The van der Waals surface area contributed by atoms with Crippen LogP contribution in [0.4, 0.5) is 5.13 Å². The van der Waals surface area contributed by atoms with Crippen LogP contribution in [0.25, 0.3) is 0 Å². The molecule has 2 fully saturated rings. The van der Waals surface area contributed by atoms with Gasteiger partial charge in [-0.25, -0.2) is 4.98 Å². The lowest BCUT2D eigenvalue weighted by Crippen LogP contribution is -2.52. The van der Waals surface area contributed by atoms with Crippen molar-refractivity contribution in [2.24, 2.45) is 23.7 Å². The molecule has 1 aromatic rings. The van der Waals surface area contributed by atoms with Crippen molar-refractivity contribution in [3.63, 3.8) is 0 Å². The highest BCUT2D eigenvalue weighted by Crippen LogP contribution is 2.30. The molecular formula is C32H56N4O5S. The summed E-state index contributed by atoms with van der Waals surface area (Å²) in [7, 11) is 0. The number of aliphatic hydroxyl groups excluding tert-OH is 2. The molecule has 2 aliphatic rings. The molecule has 4 atom stereocenters. The van der Waals surface area contributed by atoms with Crippen molar-refractivity contribution >= 4 is 28.3 Å². The first-order valence-electron chi connectivity index (χ1n) is 16.2. The second-order valence-corrected chi connectivity index (χ2v) is 15.0. The third kappa shape index (κ3) is 11.7. The fraction of sp³-hybridized carbons (Fsp3) is 0.844. The SMILES string of the molecule is CC(C)C[C@H](O)[C@H](O)[C@H](CC1CCCCC1)NC(=O)[C@@H](CC(=O)N(CC1CCCC1)CC(C)(C)O)Cc1csc(N)n1. The second-order valence-electron chi connectivity index (χ2n) is 14.1. The van der Waals surface area contributed by atoms with Crippen LogP contribution in [0.5, 0.6) is 0 Å². The molecule has 2 aliphatic carbocycles. The molecule has 0 unspecified atom stereocenters. The predicted molar refractivity (Wildman–Crippen MR) is 168 cm³/mol. The molecule has 0 spiro atoms. The zero-order valence-corrected chi connectivity index (χ0v) is 27.1. The number of nitrogens with zero attached hydrogens (tertiary/aromatic N) is 2. The number of rotatable bonds is 16. The Bertz CT molecular complexity index is 968. The molecule has 42 heavy (non-hydrogen) atoms. The Morgan fingerprint density at radius 1 is 1.10 bits per heavy atom. The molecule has 0 radical (unpaired) electrons. The van der Waals surface area contributed by atoms with Crippen LogP contribution in [0, 0.1) is 23.7 Å². The maximum absolute atomic E-state index is 14.0. The molecule has 0 bridgehead atoms. The highest BCUT2D eigenvalue weighted by atomic mass is 32.1. The summed E-state index contributed by atoms with van der Waals surface area (Å²) >= 11 is 1.30. The van der Waals surface area contributed by atoms with Gasteiger partial charge in [-0.05, 0) is 57.3 Å². The van der Waals surface area contributed by atoms with Gasteiger partial charge in [-0.2, -0.15) is 0 Å². The number of amides is 2. The summed E-state index contributed by atoms with van der Waals surface area (Å²) in [5, 5.41) is 38.0. The number of aliphatic hydroxyl groups is 3. The van der Waals surface area contributed by atoms with Crippen LogP contribution in [0.15, 0.2) is 5.38 Å². The molecular weight excluding hydrogens is 552 g/mol. The first-order chi connectivity index (χ1) is 19.8. The smallest absolute Gasteiger partial charge is 0.224 e. The van der Waals surface area contributed by atoms with E-state index in [1.165, 1.54) is 17.8 Å². The Labute approximate surface area is 256 Å². The summed E-state index contributed by atoms with van der Waals surface area (Å²) in [6.07, 6.45) is 9.19. The Kier molecular flexibility index (Phi) is 13.5. The highest BCUT2D eigenvalue weighted by Gasteiger charge is 2.35. The van der Waals surface area contributed by atoms with Crippen LogP contribution in [0.1, 0.15) is 110 Å². The van der Waals surface area contributed by atoms with E-state index in [1.807, 2.05) is 19.2 Å². The Morgan fingerprint density at radius 2 is 1.71 bits per heavy atom. The topological polar surface area (TPSA) is 149 Å². The number of aromatic nitrogens is 1. The lowest BCUT2D eigenvalue weighted by molar-refractivity contribution is -0.139. The number of anilines is 1. The van der Waals surface area contributed by atoms with Gasteiger partial charge in [-0.15, -0.1) is 11.3 Å². The molecule has 10 heteroatoms. The van der Waals surface area contributed by atoms with Gasteiger partial charge in [-0.1, -0.05) is 58.8 Å². The van der Waals surface area contributed by atoms with Gasteiger partial charge in [0, 0.05) is 31.3 Å². The van der Waals surface area contributed by atoms with Crippen molar-refractivity contribution in [3.05, 3.63) is 11.1 Å². The van der Waals surface area contributed by atoms with Crippen molar-refractivity contribution in [3.8, 4) is 0 Å². The van der Waals surface area contributed by atoms with E-state index < -0.39 is 29.8 Å². The number of nitrogens with two attached hydrogens (primary N) is 1. The maximum Gasteiger partial charge on any atom is 0.224 e. The zero-order chi connectivity index (χ0) is 30.9. The summed E-state index contributed by atoms with van der Waals surface area (Å²) in [6, 6.07) is -0.613. The average Bonchev–Trinajstić information content (AvgIpc) is 3.57.